The van der Waals surface area contributed by atoms with Crippen LogP contribution in [0.15, 0.2) is 4.99 Å². The van der Waals surface area contributed by atoms with E-state index >= 15 is 0 Å². The van der Waals surface area contributed by atoms with E-state index < -0.39 is 0 Å². The highest BCUT2D eigenvalue weighted by molar-refractivity contribution is 7.81. The molecule has 0 aliphatic carbocycles. The van der Waals surface area contributed by atoms with Crippen molar-refractivity contribution < 1.29 is 0 Å². The lowest BCUT2D eigenvalue weighted by Gasteiger charge is -2.19. The van der Waals surface area contributed by atoms with E-state index in [9.17, 15) is 0 Å². The number of likely N-dealkylation sites (N-methyl/N-ethyl adjacent to an activating group) is 1. The molecule has 2 heterocycles. The summed E-state index contributed by atoms with van der Waals surface area (Å²) in [4.78, 5) is 6.72. The number of nitrogens with one attached hydrogen (secondary N) is 1. The molecule has 0 spiro atoms. The van der Waals surface area contributed by atoms with Crippen LogP contribution in [-0.4, -0.2) is 48.7 Å². The highest BCUT2D eigenvalue weighted by Gasteiger charge is 2.29. The monoisotopic (exact) mass is 185 g/mol. The summed E-state index contributed by atoms with van der Waals surface area (Å²) in [5, 5.41) is 3.94. The minimum Gasteiger partial charge on any atom is -0.360 e. The molecule has 1 N–H and O–H groups in total. The third-order valence-corrected chi connectivity index (χ3v) is 2.91. The first-order valence-corrected chi connectivity index (χ1v) is 4.96. The molecular weight excluding hydrogens is 170 g/mol. The quantitative estimate of drug-likeness (QED) is 0.562. The second kappa shape index (κ2) is 3.26. The Bertz CT molecular complexity index is 204. The van der Waals surface area contributed by atoms with Gasteiger partial charge in [0, 0.05) is 25.4 Å². The van der Waals surface area contributed by atoms with Crippen LogP contribution in [0.4, 0.5) is 0 Å². The van der Waals surface area contributed by atoms with Gasteiger partial charge in [-0.2, -0.15) is 12.6 Å². The average Bonchev–Trinajstić information content (AvgIpc) is 2.58. The van der Waals surface area contributed by atoms with Crippen LogP contribution in [0.3, 0.4) is 0 Å². The molecule has 3 nitrogen and oxygen atoms in total. The lowest BCUT2D eigenvalue weighted by atomic mass is 10.2. The van der Waals surface area contributed by atoms with Gasteiger partial charge in [-0.05, 0) is 6.42 Å². The van der Waals surface area contributed by atoms with Gasteiger partial charge in [0.2, 0.25) is 0 Å². The van der Waals surface area contributed by atoms with Crippen LogP contribution in [0.2, 0.25) is 0 Å². The van der Waals surface area contributed by atoms with E-state index in [1.54, 1.807) is 0 Å². The molecule has 68 valence electrons. The van der Waals surface area contributed by atoms with Gasteiger partial charge in [-0.3, -0.25) is 4.99 Å². The largest absolute Gasteiger partial charge is 0.360 e. The van der Waals surface area contributed by atoms with Crippen molar-refractivity contribution in [2.45, 2.75) is 17.7 Å². The fraction of sp³-hybridized carbons (Fsp3) is 0.875. The van der Waals surface area contributed by atoms with Crippen molar-refractivity contribution in [1.82, 2.24) is 10.2 Å². The molecule has 2 atom stereocenters. The second-order valence-electron chi connectivity index (χ2n) is 3.51. The summed E-state index contributed by atoms with van der Waals surface area (Å²) in [5.74, 6) is 1.23. The molecule has 2 rings (SSSR count). The molecule has 0 aromatic rings. The van der Waals surface area contributed by atoms with Crippen LogP contribution < -0.4 is 5.32 Å². The molecule has 0 aromatic carbocycles. The molecule has 4 heteroatoms. The van der Waals surface area contributed by atoms with Crippen LogP contribution >= 0.6 is 12.6 Å². The number of hydrogen-bond donors (Lipinski definition) is 2. The molecular formula is C8H15N3S. The van der Waals surface area contributed by atoms with E-state index in [1.807, 2.05) is 0 Å². The van der Waals surface area contributed by atoms with Crippen LogP contribution in [0.25, 0.3) is 0 Å². The molecule has 1 fully saturated rings. The van der Waals surface area contributed by atoms with Crippen molar-refractivity contribution in [1.29, 1.82) is 0 Å². The molecule has 0 radical (unpaired) electrons. The number of amidine groups is 1. The first-order chi connectivity index (χ1) is 5.77. The van der Waals surface area contributed by atoms with Gasteiger partial charge in [-0.15, -0.1) is 0 Å². The van der Waals surface area contributed by atoms with Crippen LogP contribution in [0, 0.1) is 0 Å². The Morgan fingerprint density at radius 1 is 1.67 bits per heavy atom. The third-order valence-electron chi connectivity index (χ3n) is 2.52. The van der Waals surface area contributed by atoms with Crippen LogP contribution in [0.1, 0.15) is 6.42 Å². The van der Waals surface area contributed by atoms with Crippen molar-refractivity contribution >= 4 is 18.5 Å². The maximum absolute atomic E-state index is 4.48. The van der Waals surface area contributed by atoms with Gasteiger partial charge in [-0.25, -0.2) is 0 Å². The number of hydrogen-bond acceptors (Lipinski definition) is 4. The van der Waals surface area contributed by atoms with Gasteiger partial charge in [0.05, 0.1) is 12.6 Å². The Kier molecular flexibility index (Phi) is 2.28. The molecule has 0 bridgehead atoms. The standard InChI is InChI=1S/C8H15N3S/c1-11-3-2-9-8(11)7-4-6(12)5-10-7/h6-7,10,12H,2-5H2,1H3. The van der Waals surface area contributed by atoms with Crippen molar-refractivity contribution in [2.24, 2.45) is 4.99 Å². The summed E-state index contributed by atoms with van der Waals surface area (Å²) in [6.07, 6.45) is 1.12. The topological polar surface area (TPSA) is 27.6 Å². The van der Waals surface area contributed by atoms with Crippen LogP contribution in [0.5, 0.6) is 0 Å². The predicted octanol–water partition coefficient (Wildman–Crippen LogP) is -0.00940. The lowest BCUT2D eigenvalue weighted by molar-refractivity contribution is 0.525. The Balaban J connectivity index is 2.00. The average molecular weight is 185 g/mol. The van der Waals surface area contributed by atoms with Crippen molar-refractivity contribution in [2.75, 3.05) is 26.7 Å². The molecule has 2 aliphatic heterocycles. The molecule has 0 saturated carbocycles. The van der Waals surface area contributed by atoms with E-state index in [0.717, 1.165) is 26.1 Å². The van der Waals surface area contributed by atoms with Crippen molar-refractivity contribution in [3.63, 3.8) is 0 Å². The Morgan fingerprint density at radius 2 is 2.50 bits per heavy atom. The Labute approximate surface area is 78.6 Å². The van der Waals surface area contributed by atoms with Crippen molar-refractivity contribution in [3.8, 4) is 0 Å². The van der Waals surface area contributed by atoms with Gasteiger partial charge in [-0.1, -0.05) is 0 Å². The number of thiol groups is 1. The normalized spacial score (nSPS) is 35.8. The van der Waals surface area contributed by atoms with Gasteiger partial charge < -0.3 is 10.2 Å². The van der Waals surface area contributed by atoms with Gasteiger partial charge in [0.25, 0.3) is 0 Å². The number of aliphatic imine (C=N–C) groups is 1. The molecule has 2 aliphatic rings. The maximum Gasteiger partial charge on any atom is 0.116 e. The molecule has 2 unspecified atom stereocenters. The Morgan fingerprint density at radius 3 is 3.00 bits per heavy atom. The summed E-state index contributed by atoms with van der Waals surface area (Å²) < 4.78 is 0. The zero-order valence-corrected chi connectivity index (χ0v) is 8.22. The molecule has 12 heavy (non-hydrogen) atoms. The van der Waals surface area contributed by atoms with E-state index in [2.05, 4.69) is 34.9 Å². The van der Waals surface area contributed by atoms with Crippen LogP contribution in [-0.2, 0) is 0 Å². The summed E-state index contributed by atoms with van der Waals surface area (Å²) >= 11 is 4.44. The number of nitrogens with zero attached hydrogens (tertiary/aromatic N) is 2. The fourth-order valence-electron chi connectivity index (χ4n) is 1.84. The first-order valence-electron chi connectivity index (χ1n) is 4.44. The second-order valence-corrected chi connectivity index (χ2v) is 4.24. The van der Waals surface area contributed by atoms with Gasteiger partial charge >= 0.3 is 0 Å². The van der Waals surface area contributed by atoms with E-state index in [1.165, 1.54) is 5.84 Å². The summed E-state index contributed by atoms with van der Waals surface area (Å²) in [5.41, 5.74) is 0. The fourth-order valence-corrected chi connectivity index (χ4v) is 2.16. The van der Waals surface area contributed by atoms with Gasteiger partial charge in [0.15, 0.2) is 0 Å². The Hall–Kier alpha value is -0.220. The van der Waals surface area contributed by atoms with E-state index in [0.29, 0.717) is 11.3 Å². The minimum absolute atomic E-state index is 0.458. The highest BCUT2D eigenvalue weighted by Crippen LogP contribution is 2.16. The summed E-state index contributed by atoms with van der Waals surface area (Å²) in [7, 11) is 2.11. The zero-order chi connectivity index (χ0) is 8.55. The van der Waals surface area contributed by atoms with Gasteiger partial charge in [0.1, 0.15) is 5.84 Å². The summed E-state index contributed by atoms with van der Waals surface area (Å²) in [6.45, 7) is 3.05. The number of rotatable bonds is 1. The smallest absolute Gasteiger partial charge is 0.116 e. The van der Waals surface area contributed by atoms with Crippen molar-refractivity contribution in [3.05, 3.63) is 0 Å². The molecule has 0 aromatic heterocycles. The highest BCUT2D eigenvalue weighted by atomic mass is 32.1. The van der Waals surface area contributed by atoms with E-state index in [-0.39, 0.29) is 0 Å². The summed E-state index contributed by atoms with van der Waals surface area (Å²) in [6, 6.07) is 0.458. The third kappa shape index (κ3) is 1.45. The SMILES string of the molecule is CN1CCN=C1C1CC(S)CN1. The zero-order valence-electron chi connectivity index (χ0n) is 7.32. The predicted molar refractivity (Wildman–Crippen MR) is 54.1 cm³/mol. The maximum atomic E-state index is 4.48. The minimum atomic E-state index is 0.458. The lowest BCUT2D eigenvalue weighted by Crippen LogP contribution is -2.39. The van der Waals surface area contributed by atoms with E-state index in [4.69, 9.17) is 0 Å². The molecule has 0 amide bonds. The molecule has 1 saturated heterocycles. The first kappa shape index (κ1) is 8.38.